The Labute approximate surface area is 72.2 Å². The van der Waals surface area contributed by atoms with Gasteiger partial charge in [-0.25, -0.2) is 8.51 Å². The van der Waals surface area contributed by atoms with Crippen molar-refractivity contribution in [3.05, 3.63) is 30.3 Å². The second kappa shape index (κ2) is 3.99. The molecular weight excluding hydrogens is 178 g/mol. The van der Waals surface area contributed by atoms with E-state index in [0.29, 0.717) is 12.1 Å². The molecule has 5 heteroatoms. The van der Waals surface area contributed by atoms with Crippen molar-refractivity contribution in [1.29, 1.82) is 0 Å². The van der Waals surface area contributed by atoms with Gasteiger partial charge in [-0.2, -0.15) is 0 Å². The fourth-order valence-electron chi connectivity index (χ4n) is 0.763. The van der Waals surface area contributed by atoms with Crippen molar-refractivity contribution in [1.82, 2.24) is 0 Å². The van der Waals surface area contributed by atoms with Crippen LogP contribution in [0, 0.1) is 0 Å². The van der Waals surface area contributed by atoms with Crippen LogP contribution in [-0.4, -0.2) is 15.2 Å². The Balaban J connectivity index is 2.95. The van der Waals surface area contributed by atoms with Gasteiger partial charge in [-0.1, -0.05) is 18.2 Å². The summed E-state index contributed by atoms with van der Waals surface area (Å²) in [4.78, 5) is 10.3. The quantitative estimate of drug-likeness (QED) is 0.559. The van der Waals surface area contributed by atoms with Gasteiger partial charge in [0.1, 0.15) is 0 Å². The minimum absolute atomic E-state index is 0.311. The van der Waals surface area contributed by atoms with E-state index in [1.165, 1.54) is 0 Å². The minimum atomic E-state index is -2.29. The summed E-state index contributed by atoms with van der Waals surface area (Å²) in [5.41, 5.74) is 0.397. The summed E-state index contributed by atoms with van der Waals surface area (Å²) < 4.78 is 19.9. The summed E-state index contributed by atoms with van der Waals surface area (Å²) in [6.07, 6.45) is 0.311. The maximum atomic E-state index is 10.5. The van der Waals surface area contributed by atoms with Crippen molar-refractivity contribution in [2.75, 3.05) is 4.31 Å². The third-order valence-electron chi connectivity index (χ3n) is 1.27. The van der Waals surface area contributed by atoms with Crippen LogP contribution < -0.4 is 4.31 Å². The molecule has 0 fully saturated rings. The molecule has 0 saturated heterocycles. The summed E-state index contributed by atoms with van der Waals surface area (Å²) in [6.45, 7) is 0. The highest BCUT2D eigenvalue weighted by Crippen LogP contribution is 2.11. The Bertz CT molecular complexity index is 288. The number of rotatable bonds is 3. The maximum Gasteiger partial charge on any atom is 0.268 e. The minimum Gasteiger partial charge on any atom is -0.289 e. The number of carbonyl (C=O) groups excluding carboxylic acids is 1. The zero-order valence-corrected chi connectivity index (χ0v) is 6.90. The number of benzene rings is 1. The summed E-state index contributed by atoms with van der Waals surface area (Å²) in [6, 6.07) is 8.26. The molecule has 1 amide bonds. The number of hydrogen-bond donors (Lipinski definition) is 1. The van der Waals surface area contributed by atoms with E-state index in [1.807, 2.05) is 0 Å². The Morgan fingerprint density at radius 1 is 1.33 bits per heavy atom. The van der Waals surface area contributed by atoms with Crippen LogP contribution in [0.3, 0.4) is 0 Å². The third-order valence-corrected chi connectivity index (χ3v) is 1.91. The molecule has 4 nitrogen and oxygen atoms in total. The van der Waals surface area contributed by atoms with Crippen molar-refractivity contribution < 1.29 is 13.6 Å². The zero-order chi connectivity index (χ0) is 8.97. The van der Waals surface area contributed by atoms with Crippen LogP contribution in [0.5, 0.6) is 0 Å². The Hall–Kier alpha value is -1.20. The van der Waals surface area contributed by atoms with Gasteiger partial charge in [0.05, 0.1) is 5.69 Å². The summed E-state index contributed by atoms with van der Waals surface area (Å²) in [5.74, 6) is 0. The number of amides is 1. The fraction of sp³-hybridized carbons (Fsp3) is 0. The molecule has 0 heterocycles. The van der Waals surface area contributed by atoms with E-state index in [4.69, 9.17) is 4.55 Å². The number of anilines is 1. The van der Waals surface area contributed by atoms with Crippen molar-refractivity contribution in [2.45, 2.75) is 0 Å². The van der Waals surface area contributed by atoms with Crippen LogP contribution in [0.25, 0.3) is 0 Å². The Morgan fingerprint density at radius 3 is 2.33 bits per heavy atom. The smallest absolute Gasteiger partial charge is 0.268 e. The third kappa shape index (κ3) is 1.90. The first-order valence-corrected chi connectivity index (χ1v) is 4.22. The number of hydrogen-bond acceptors (Lipinski definition) is 2. The van der Waals surface area contributed by atoms with Gasteiger partial charge >= 0.3 is 0 Å². The first-order valence-electron chi connectivity index (χ1n) is 3.16. The van der Waals surface area contributed by atoms with Gasteiger partial charge in [-0.15, -0.1) is 0 Å². The molecule has 1 unspecified atom stereocenters. The molecule has 0 aliphatic carbocycles. The van der Waals surface area contributed by atoms with E-state index in [2.05, 4.69) is 0 Å². The van der Waals surface area contributed by atoms with E-state index < -0.39 is 11.3 Å². The predicted molar refractivity (Wildman–Crippen MR) is 45.8 cm³/mol. The lowest BCUT2D eigenvalue weighted by Crippen LogP contribution is -2.22. The molecule has 1 atom stereocenters. The lowest BCUT2D eigenvalue weighted by molar-refractivity contribution is -0.106. The van der Waals surface area contributed by atoms with Crippen LogP contribution >= 0.6 is 0 Å². The van der Waals surface area contributed by atoms with Crippen LogP contribution in [0.1, 0.15) is 0 Å². The predicted octanol–water partition coefficient (Wildman–Crippen LogP) is 0.786. The monoisotopic (exact) mass is 185 g/mol. The largest absolute Gasteiger partial charge is 0.289 e. The van der Waals surface area contributed by atoms with E-state index in [9.17, 15) is 9.00 Å². The molecule has 64 valence electrons. The molecule has 1 aromatic carbocycles. The van der Waals surface area contributed by atoms with Crippen LogP contribution in [-0.2, 0) is 16.1 Å². The van der Waals surface area contributed by atoms with Crippen LogP contribution in [0.4, 0.5) is 5.69 Å². The van der Waals surface area contributed by atoms with Crippen molar-refractivity contribution in [3.63, 3.8) is 0 Å². The van der Waals surface area contributed by atoms with Gasteiger partial charge in [-0.05, 0) is 12.1 Å². The maximum absolute atomic E-state index is 10.5. The molecule has 0 bridgehead atoms. The van der Waals surface area contributed by atoms with E-state index >= 15 is 0 Å². The van der Waals surface area contributed by atoms with Gasteiger partial charge in [0.2, 0.25) is 6.41 Å². The second-order valence-corrected chi connectivity index (χ2v) is 2.85. The van der Waals surface area contributed by atoms with E-state index in [-0.39, 0.29) is 0 Å². The number of carbonyl (C=O) groups is 1. The average Bonchev–Trinajstić information content (AvgIpc) is 2.07. The van der Waals surface area contributed by atoms with Crippen molar-refractivity contribution in [2.24, 2.45) is 0 Å². The summed E-state index contributed by atoms with van der Waals surface area (Å²) in [5, 5.41) is 0. The van der Waals surface area contributed by atoms with Gasteiger partial charge in [0.15, 0.2) is 0 Å². The van der Waals surface area contributed by atoms with E-state index in [0.717, 1.165) is 4.31 Å². The zero-order valence-electron chi connectivity index (χ0n) is 6.08. The molecule has 0 radical (unpaired) electrons. The summed E-state index contributed by atoms with van der Waals surface area (Å²) >= 11 is -2.29. The standard InChI is InChI=1S/C7H7NO3S/c9-6-8(12(10)11)7-4-2-1-3-5-7/h1-6H,(H,10,11). The Kier molecular flexibility index (Phi) is 2.95. The molecule has 1 N–H and O–H groups in total. The van der Waals surface area contributed by atoms with Gasteiger partial charge in [0.25, 0.3) is 11.3 Å². The summed E-state index contributed by atoms with van der Waals surface area (Å²) in [7, 11) is 0. The lowest BCUT2D eigenvalue weighted by atomic mass is 10.3. The highest BCUT2D eigenvalue weighted by molar-refractivity contribution is 7.81. The lowest BCUT2D eigenvalue weighted by Gasteiger charge is -2.10. The molecule has 0 aliphatic heterocycles. The molecule has 0 saturated carbocycles. The van der Waals surface area contributed by atoms with Crippen molar-refractivity contribution in [3.8, 4) is 0 Å². The molecule has 1 aromatic rings. The Morgan fingerprint density at radius 2 is 1.92 bits per heavy atom. The van der Waals surface area contributed by atoms with Gasteiger partial charge in [-0.3, -0.25) is 9.35 Å². The van der Waals surface area contributed by atoms with Crippen molar-refractivity contribution >= 4 is 23.4 Å². The highest BCUT2D eigenvalue weighted by atomic mass is 32.2. The first kappa shape index (κ1) is 8.89. The molecule has 0 spiro atoms. The van der Waals surface area contributed by atoms with E-state index in [1.54, 1.807) is 30.3 Å². The SMILES string of the molecule is O=CN(c1ccccc1)S(=O)O. The second-order valence-electron chi connectivity index (χ2n) is 2.00. The number of nitrogens with zero attached hydrogens (tertiary/aromatic N) is 1. The molecule has 0 aromatic heterocycles. The molecule has 0 aliphatic rings. The molecular formula is C7H7NO3S. The molecule has 1 rings (SSSR count). The van der Waals surface area contributed by atoms with Gasteiger partial charge in [0, 0.05) is 0 Å². The fourth-order valence-corrected chi connectivity index (χ4v) is 1.14. The van der Waals surface area contributed by atoms with Crippen LogP contribution in [0.2, 0.25) is 0 Å². The van der Waals surface area contributed by atoms with Crippen LogP contribution in [0.15, 0.2) is 30.3 Å². The number of para-hydroxylation sites is 1. The topological polar surface area (TPSA) is 57.6 Å². The average molecular weight is 185 g/mol. The highest BCUT2D eigenvalue weighted by Gasteiger charge is 2.08. The van der Waals surface area contributed by atoms with Gasteiger partial charge < -0.3 is 0 Å². The first-order chi connectivity index (χ1) is 5.75. The normalized spacial score (nSPS) is 12.1. The molecule has 12 heavy (non-hydrogen) atoms.